The van der Waals surface area contributed by atoms with Crippen molar-refractivity contribution >= 4 is 6.02 Å². The number of amidine groups is 1. The normalized spacial score (nSPS) is 38.2. The highest BCUT2D eigenvalue weighted by atomic mass is 16.5. The van der Waals surface area contributed by atoms with Crippen molar-refractivity contribution in [1.29, 1.82) is 0 Å². The topological polar surface area (TPSA) is 33.6 Å². The predicted molar refractivity (Wildman–Crippen MR) is 48.2 cm³/mol. The SMILES string of the molecule is CN=C1NCC2CCCCC2O1. The summed E-state index contributed by atoms with van der Waals surface area (Å²) in [6.07, 6.45) is 5.65. The second kappa shape index (κ2) is 3.33. The second-order valence-electron chi connectivity index (χ2n) is 3.61. The van der Waals surface area contributed by atoms with E-state index >= 15 is 0 Å². The monoisotopic (exact) mass is 168 g/mol. The molecule has 1 saturated heterocycles. The first-order valence-electron chi connectivity index (χ1n) is 4.77. The van der Waals surface area contributed by atoms with Crippen molar-refractivity contribution in [2.45, 2.75) is 31.8 Å². The minimum absolute atomic E-state index is 0.443. The summed E-state index contributed by atoms with van der Waals surface area (Å²) in [5.41, 5.74) is 0. The van der Waals surface area contributed by atoms with E-state index in [0.717, 1.165) is 18.5 Å². The molecule has 0 aromatic rings. The van der Waals surface area contributed by atoms with Gasteiger partial charge in [0, 0.05) is 19.5 Å². The summed E-state index contributed by atoms with van der Waals surface area (Å²) in [5.74, 6) is 0.726. The molecule has 2 atom stereocenters. The Hall–Kier alpha value is -0.730. The van der Waals surface area contributed by atoms with Gasteiger partial charge in [-0.05, 0) is 19.3 Å². The number of nitrogens with zero attached hydrogens (tertiary/aromatic N) is 1. The van der Waals surface area contributed by atoms with Gasteiger partial charge in [-0.1, -0.05) is 6.42 Å². The van der Waals surface area contributed by atoms with Crippen LogP contribution >= 0.6 is 0 Å². The van der Waals surface area contributed by atoms with Crippen LogP contribution in [0.3, 0.4) is 0 Å². The first-order chi connectivity index (χ1) is 5.90. The van der Waals surface area contributed by atoms with Gasteiger partial charge in [0.15, 0.2) is 0 Å². The zero-order chi connectivity index (χ0) is 8.39. The van der Waals surface area contributed by atoms with Crippen LogP contribution in [0, 0.1) is 5.92 Å². The van der Waals surface area contributed by atoms with E-state index in [-0.39, 0.29) is 0 Å². The Morgan fingerprint density at radius 1 is 1.42 bits per heavy atom. The van der Waals surface area contributed by atoms with Crippen molar-refractivity contribution in [1.82, 2.24) is 5.32 Å². The largest absolute Gasteiger partial charge is 0.462 e. The lowest BCUT2D eigenvalue weighted by molar-refractivity contribution is 0.0555. The molecule has 0 aromatic heterocycles. The number of hydrogen-bond donors (Lipinski definition) is 1. The lowest BCUT2D eigenvalue weighted by Crippen LogP contribution is -2.47. The van der Waals surface area contributed by atoms with Gasteiger partial charge in [0.2, 0.25) is 0 Å². The van der Waals surface area contributed by atoms with E-state index < -0.39 is 0 Å². The van der Waals surface area contributed by atoms with E-state index in [1.807, 2.05) is 0 Å². The molecule has 3 heteroatoms. The van der Waals surface area contributed by atoms with E-state index in [1.54, 1.807) is 7.05 Å². The van der Waals surface area contributed by atoms with Crippen LogP contribution < -0.4 is 5.32 Å². The quantitative estimate of drug-likeness (QED) is 0.588. The Balaban J connectivity index is 1.98. The molecule has 2 rings (SSSR count). The predicted octanol–water partition coefficient (Wildman–Crippen LogP) is 1.15. The van der Waals surface area contributed by atoms with Crippen LogP contribution in [0.15, 0.2) is 4.99 Å². The number of nitrogens with one attached hydrogen (secondary N) is 1. The summed E-state index contributed by atoms with van der Waals surface area (Å²) in [5, 5.41) is 3.20. The van der Waals surface area contributed by atoms with Crippen LogP contribution in [-0.2, 0) is 4.74 Å². The Bertz CT molecular complexity index is 191. The standard InChI is InChI=1S/C9H16N2O/c1-10-9-11-6-7-4-2-3-5-8(7)12-9/h7-8H,2-6H2,1H3,(H,10,11). The van der Waals surface area contributed by atoms with Crippen LogP contribution in [0.2, 0.25) is 0 Å². The molecule has 68 valence electrons. The molecule has 0 aromatic carbocycles. The zero-order valence-corrected chi connectivity index (χ0v) is 7.55. The smallest absolute Gasteiger partial charge is 0.284 e. The van der Waals surface area contributed by atoms with Crippen molar-refractivity contribution in [3.8, 4) is 0 Å². The second-order valence-corrected chi connectivity index (χ2v) is 3.61. The number of rotatable bonds is 0. The third-order valence-corrected chi connectivity index (χ3v) is 2.82. The molecule has 0 bridgehead atoms. The Morgan fingerprint density at radius 2 is 2.25 bits per heavy atom. The van der Waals surface area contributed by atoms with E-state index in [2.05, 4.69) is 10.3 Å². The molecular weight excluding hydrogens is 152 g/mol. The summed E-state index contributed by atoms with van der Waals surface area (Å²) >= 11 is 0. The summed E-state index contributed by atoms with van der Waals surface area (Å²) in [7, 11) is 1.77. The van der Waals surface area contributed by atoms with Gasteiger partial charge in [-0.3, -0.25) is 0 Å². The molecule has 2 unspecified atom stereocenters. The number of ether oxygens (including phenoxy) is 1. The maximum absolute atomic E-state index is 5.68. The maximum Gasteiger partial charge on any atom is 0.284 e. The Morgan fingerprint density at radius 3 is 3.08 bits per heavy atom. The summed E-state index contributed by atoms with van der Waals surface area (Å²) < 4.78 is 5.68. The van der Waals surface area contributed by atoms with Gasteiger partial charge in [0.25, 0.3) is 6.02 Å². The van der Waals surface area contributed by atoms with E-state index in [9.17, 15) is 0 Å². The average Bonchev–Trinajstić information content (AvgIpc) is 2.17. The number of fused-ring (bicyclic) bond motifs is 1. The van der Waals surface area contributed by atoms with Gasteiger partial charge < -0.3 is 10.1 Å². The van der Waals surface area contributed by atoms with Gasteiger partial charge >= 0.3 is 0 Å². The highest BCUT2D eigenvalue weighted by Gasteiger charge is 2.31. The van der Waals surface area contributed by atoms with Crippen LogP contribution in [0.5, 0.6) is 0 Å². The maximum atomic E-state index is 5.68. The lowest BCUT2D eigenvalue weighted by Gasteiger charge is -2.36. The Labute approximate surface area is 73.2 Å². The van der Waals surface area contributed by atoms with Crippen LogP contribution in [-0.4, -0.2) is 25.7 Å². The number of aliphatic imine (C=N–C) groups is 1. The average molecular weight is 168 g/mol. The molecule has 1 saturated carbocycles. The van der Waals surface area contributed by atoms with Crippen LogP contribution in [0.4, 0.5) is 0 Å². The third kappa shape index (κ3) is 1.40. The van der Waals surface area contributed by atoms with Crippen molar-refractivity contribution < 1.29 is 4.74 Å². The van der Waals surface area contributed by atoms with E-state index in [1.165, 1.54) is 25.7 Å². The fourth-order valence-electron chi connectivity index (χ4n) is 2.10. The van der Waals surface area contributed by atoms with Crippen molar-refractivity contribution in [2.75, 3.05) is 13.6 Å². The van der Waals surface area contributed by atoms with Crippen molar-refractivity contribution in [2.24, 2.45) is 10.9 Å². The molecule has 12 heavy (non-hydrogen) atoms. The molecule has 3 nitrogen and oxygen atoms in total. The Kier molecular flexibility index (Phi) is 2.19. The molecule has 1 aliphatic carbocycles. The lowest BCUT2D eigenvalue weighted by atomic mass is 9.86. The molecule has 0 amide bonds. The highest BCUT2D eigenvalue weighted by molar-refractivity contribution is 5.74. The zero-order valence-electron chi connectivity index (χ0n) is 7.55. The number of hydrogen-bond acceptors (Lipinski definition) is 2. The van der Waals surface area contributed by atoms with Gasteiger partial charge in [0.05, 0.1) is 0 Å². The first-order valence-corrected chi connectivity index (χ1v) is 4.77. The van der Waals surface area contributed by atoms with E-state index in [0.29, 0.717) is 6.10 Å². The van der Waals surface area contributed by atoms with Crippen molar-refractivity contribution in [3.63, 3.8) is 0 Å². The molecule has 0 radical (unpaired) electrons. The van der Waals surface area contributed by atoms with Crippen LogP contribution in [0.25, 0.3) is 0 Å². The summed E-state index contributed by atoms with van der Waals surface area (Å²) in [4.78, 5) is 4.02. The van der Waals surface area contributed by atoms with Gasteiger partial charge in [-0.15, -0.1) is 0 Å². The molecular formula is C9H16N2O. The molecule has 2 fully saturated rings. The fourth-order valence-corrected chi connectivity index (χ4v) is 2.10. The van der Waals surface area contributed by atoms with Gasteiger partial charge in [-0.25, -0.2) is 4.99 Å². The minimum Gasteiger partial charge on any atom is -0.462 e. The highest BCUT2D eigenvalue weighted by Crippen LogP contribution is 2.28. The van der Waals surface area contributed by atoms with Crippen LogP contribution in [0.1, 0.15) is 25.7 Å². The molecule has 1 N–H and O–H groups in total. The van der Waals surface area contributed by atoms with E-state index in [4.69, 9.17) is 4.74 Å². The summed E-state index contributed by atoms with van der Waals surface area (Å²) in [6, 6.07) is 0.734. The molecule has 0 spiro atoms. The van der Waals surface area contributed by atoms with Crippen molar-refractivity contribution in [3.05, 3.63) is 0 Å². The van der Waals surface area contributed by atoms with Gasteiger partial charge in [-0.2, -0.15) is 0 Å². The molecule has 2 aliphatic rings. The first kappa shape index (κ1) is 7.90. The molecule has 1 heterocycles. The summed E-state index contributed by atoms with van der Waals surface area (Å²) in [6.45, 7) is 1.05. The molecule has 1 aliphatic heterocycles. The third-order valence-electron chi connectivity index (χ3n) is 2.82. The fraction of sp³-hybridized carbons (Fsp3) is 0.889. The van der Waals surface area contributed by atoms with Gasteiger partial charge in [0.1, 0.15) is 6.10 Å². The minimum atomic E-state index is 0.443.